The lowest BCUT2D eigenvalue weighted by atomic mass is 9.96. The summed E-state index contributed by atoms with van der Waals surface area (Å²) >= 11 is 6.76. The van der Waals surface area contributed by atoms with Crippen LogP contribution in [0.1, 0.15) is 50.8 Å². The van der Waals surface area contributed by atoms with Crippen LogP contribution in [0.25, 0.3) is 16.4 Å². The van der Waals surface area contributed by atoms with E-state index in [1.54, 1.807) is 24.8 Å². The number of hydrazine groups is 2. The summed E-state index contributed by atoms with van der Waals surface area (Å²) < 4.78 is 43.7. The van der Waals surface area contributed by atoms with Gasteiger partial charge >= 0.3 is 6.18 Å². The molecule has 12 heteroatoms. The van der Waals surface area contributed by atoms with Crippen molar-refractivity contribution in [3.63, 3.8) is 0 Å². The number of rotatable bonds is 7. The molecule has 2 aliphatic rings. The summed E-state index contributed by atoms with van der Waals surface area (Å²) in [5.74, 6) is 2.71. The highest BCUT2D eigenvalue weighted by Gasteiger charge is 2.67. The fraction of sp³-hybridized carbons (Fsp3) is 0.333. The fourth-order valence-corrected chi connectivity index (χ4v) is 5.46. The van der Waals surface area contributed by atoms with Crippen LogP contribution >= 0.6 is 11.6 Å². The van der Waals surface area contributed by atoms with Gasteiger partial charge in [0.1, 0.15) is 0 Å². The van der Waals surface area contributed by atoms with E-state index in [9.17, 15) is 13.2 Å². The number of hydrogen-bond donors (Lipinski definition) is 4. The Morgan fingerprint density at radius 1 is 1.21 bits per heavy atom. The minimum absolute atomic E-state index is 0.0143. The molecule has 1 aromatic carbocycles. The van der Waals surface area contributed by atoms with Crippen molar-refractivity contribution in [1.82, 2.24) is 30.3 Å². The molecule has 4 N–H and O–H groups in total. The predicted octanol–water partition coefficient (Wildman–Crippen LogP) is 6.39. The van der Waals surface area contributed by atoms with Gasteiger partial charge in [-0.25, -0.2) is 4.98 Å². The van der Waals surface area contributed by atoms with Crippen molar-refractivity contribution >= 4 is 39.4 Å². The average molecular weight is 595 g/mol. The van der Waals surface area contributed by atoms with E-state index in [4.69, 9.17) is 18.0 Å². The van der Waals surface area contributed by atoms with Crippen molar-refractivity contribution in [3.05, 3.63) is 77.2 Å². The molecule has 1 aliphatic heterocycles. The van der Waals surface area contributed by atoms with E-state index in [0.29, 0.717) is 34.0 Å². The highest BCUT2D eigenvalue weighted by molar-refractivity contribution is 6.35. The van der Waals surface area contributed by atoms with Gasteiger partial charge in [0, 0.05) is 41.8 Å². The third-order valence-corrected chi connectivity index (χ3v) is 7.88. The van der Waals surface area contributed by atoms with Gasteiger partial charge in [0.15, 0.2) is 5.54 Å². The fourth-order valence-electron chi connectivity index (χ4n) is 5.19. The highest BCUT2D eigenvalue weighted by Crippen LogP contribution is 2.54. The van der Waals surface area contributed by atoms with Crippen LogP contribution in [0, 0.1) is 17.8 Å². The van der Waals surface area contributed by atoms with E-state index >= 15 is 0 Å². The summed E-state index contributed by atoms with van der Waals surface area (Å²) in [5.41, 5.74) is 8.39. The van der Waals surface area contributed by atoms with Crippen LogP contribution in [0.3, 0.4) is 0 Å². The number of benzene rings is 1. The molecule has 4 heterocycles. The summed E-state index contributed by atoms with van der Waals surface area (Å²) in [6.45, 7) is 7.00. The zero-order valence-corrected chi connectivity index (χ0v) is 24.0. The minimum Gasteiger partial charge on any atom is -0.383 e. The molecule has 0 unspecified atom stereocenters. The first kappa shape index (κ1) is 28.0. The Labute approximate surface area is 246 Å². The molecule has 42 heavy (non-hydrogen) atoms. The van der Waals surface area contributed by atoms with Crippen molar-refractivity contribution in [2.45, 2.75) is 51.4 Å². The van der Waals surface area contributed by atoms with Gasteiger partial charge < -0.3 is 20.5 Å². The van der Waals surface area contributed by atoms with Gasteiger partial charge in [-0.3, -0.25) is 9.99 Å². The Hall–Kier alpha value is -4.14. The van der Waals surface area contributed by atoms with Gasteiger partial charge in [0.25, 0.3) is 0 Å². The maximum Gasteiger partial charge on any atom is 0.413 e. The van der Waals surface area contributed by atoms with Crippen molar-refractivity contribution in [3.8, 4) is 12.3 Å². The number of nitrogens with zero attached hydrogens (tertiary/aromatic N) is 4. The maximum atomic E-state index is 13.9. The number of aromatic nitrogens is 3. The van der Waals surface area contributed by atoms with Crippen molar-refractivity contribution < 1.29 is 13.2 Å². The highest BCUT2D eigenvalue weighted by atomic mass is 35.5. The zero-order valence-electron chi connectivity index (χ0n) is 23.3. The molecule has 6 rings (SSSR count). The van der Waals surface area contributed by atoms with E-state index in [1.165, 1.54) is 6.20 Å². The van der Waals surface area contributed by atoms with E-state index in [-0.39, 0.29) is 18.3 Å². The SMILES string of the molecule is C#Cc1cnc2c(Cl)cc(N[C@H](C3=CN(C4(C(F)(F)F)CC4)NN3)c3cccn4cncc34)cc2c1NCC(C)(C)C. The van der Waals surface area contributed by atoms with Crippen molar-refractivity contribution in [2.24, 2.45) is 5.41 Å². The summed E-state index contributed by atoms with van der Waals surface area (Å²) in [5, 5.41) is 9.24. The number of pyridine rings is 2. The monoisotopic (exact) mass is 594 g/mol. The van der Waals surface area contributed by atoms with Crippen LogP contribution in [-0.2, 0) is 0 Å². The molecule has 1 atom stereocenters. The van der Waals surface area contributed by atoms with Gasteiger partial charge in [0.2, 0.25) is 0 Å². The lowest BCUT2D eigenvalue weighted by Crippen LogP contribution is -2.52. The molecule has 0 saturated heterocycles. The Bertz CT molecular complexity index is 1740. The van der Waals surface area contributed by atoms with Gasteiger partial charge in [-0.1, -0.05) is 44.4 Å². The summed E-state index contributed by atoms with van der Waals surface area (Å²) in [4.78, 5) is 8.78. The largest absolute Gasteiger partial charge is 0.413 e. The van der Waals surface area contributed by atoms with Crippen LogP contribution in [0.15, 0.2) is 61.1 Å². The molecule has 0 amide bonds. The Morgan fingerprint density at radius 3 is 2.69 bits per heavy atom. The first-order valence-electron chi connectivity index (χ1n) is 13.5. The Morgan fingerprint density at radius 2 is 2.00 bits per heavy atom. The predicted molar refractivity (Wildman–Crippen MR) is 158 cm³/mol. The van der Waals surface area contributed by atoms with Crippen LogP contribution < -0.4 is 21.6 Å². The molecule has 218 valence electrons. The molecule has 0 spiro atoms. The quantitative estimate of drug-likeness (QED) is 0.185. The number of alkyl halides is 3. The number of halogens is 4. The second-order valence-corrected chi connectivity index (χ2v) is 12.3. The molecule has 0 radical (unpaired) electrons. The Balaban J connectivity index is 1.45. The molecule has 8 nitrogen and oxygen atoms in total. The van der Waals surface area contributed by atoms with Gasteiger partial charge in [0.05, 0.1) is 51.6 Å². The molecule has 1 aliphatic carbocycles. The smallest absolute Gasteiger partial charge is 0.383 e. The van der Waals surface area contributed by atoms with Crippen molar-refractivity contribution in [2.75, 3.05) is 17.2 Å². The van der Waals surface area contributed by atoms with E-state index < -0.39 is 17.8 Å². The molecular formula is C30H30ClF3N8. The maximum absolute atomic E-state index is 13.9. The summed E-state index contributed by atoms with van der Waals surface area (Å²) in [7, 11) is 0. The number of anilines is 2. The van der Waals surface area contributed by atoms with E-state index in [1.807, 2.05) is 28.8 Å². The second-order valence-electron chi connectivity index (χ2n) is 11.9. The molecule has 0 bridgehead atoms. The Kier molecular flexibility index (Phi) is 6.66. The zero-order chi connectivity index (χ0) is 29.9. The summed E-state index contributed by atoms with van der Waals surface area (Å²) in [6, 6.07) is 6.83. The standard InChI is InChI=1S/C30H30ClF3N8/c1-5-18-13-36-26-21(25(18)37-16-28(2,3)4)11-19(12-22(26)31)38-27(20-7-6-10-41-17-35-14-24(20)41)23-15-42(40-39-23)29(8-9-29)30(32,33)34/h1,6-7,10-15,17,27,38-40H,8-9,16H2,2-4H3,(H,36,37)/t27-/m0/s1. The van der Waals surface area contributed by atoms with Crippen molar-refractivity contribution in [1.29, 1.82) is 0 Å². The lowest BCUT2D eigenvalue weighted by Gasteiger charge is -2.28. The number of imidazole rings is 1. The van der Waals surface area contributed by atoms with Gasteiger partial charge in [-0.2, -0.15) is 13.2 Å². The van der Waals surface area contributed by atoms with Crippen LogP contribution in [0.5, 0.6) is 0 Å². The van der Waals surface area contributed by atoms with Crippen LogP contribution in [0.2, 0.25) is 5.02 Å². The third-order valence-electron chi connectivity index (χ3n) is 7.59. The van der Waals surface area contributed by atoms with Crippen LogP contribution in [-0.4, -0.2) is 37.6 Å². The first-order chi connectivity index (χ1) is 19.9. The third kappa shape index (κ3) is 4.95. The molecule has 1 saturated carbocycles. The number of terminal acetylenes is 1. The molecular weight excluding hydrogens is 565 g/mol. The minimum atomic E-state index is -4.38. The van der Waals surface area contributed by atoms with Crippen LogP contribution in [0.4, 0.5) is 24.5 Å². The lowest BCUT2D eigenvalue weighted by molar-refractivity contribution is -0.195. The molecule has 1 fully saturated rings. The molecule has 4 aromatic rings. The van der Waals surface area contributed by atoms with Gasteiger partial charge in [-0.05, 0) is 36.5 Å². The average Bonchev–Trinajstić information content (AvgIpc) is 3.37. The number of fused-ring (bicyclic) bond motifs is 2. The number of nitrogens with one attached hydrogen (secondary N) is 4. The first-order valence-corrected chi connectivity index (χ1v) is 13.9. The molecule has 3 aromatic heterocycles. The normalized spacial score (nSPS) is 17.1. The summed E-state index contributed by atoms with van der Waals surface area (Å²) in [6.07, 6.45) is 9.83. The topological polar surface area (TPSA) is 81.6 Å². The number of hydrogen-bond acceptors (Lipinski definition) is 7. The van der Waals surface area contributed by atoms with E-state index in [0.717, 1.165) is 27.2 Å². The second kappa shape index (κ2) is 10.00. The van der Waals surface area contributed by atoms with Gasteiger partial charge in [-0.15, -0.1) is 12.0 Å². The van der Waals surface area contributed by atoms with E-state index in [2.05, 4.69) is 58.3 Å².